The Morgan fingerprint density at radius 1 is 1.24 bits per heavy atom. The lowest BCUT2D eigenvalue weighted by Gasteiger charge is -2.23. The van der Waals surface area contributed by atoms with Crippen molar-refractivity contribution >= 4 is 48.2 Å². The van der Waals surface area contributed by atoms with Gasteiger partial charge in [-0.3, -0.25) is 14.5 Å². The zero-order valence-electron chi connectivity index (χ0n) is 18.5. The average Bonchev–Trinajstić information content (AvgIpc) is 3.43. The maximum Gasteiger partial charge on any atom is 0.296 e. The van der Waals surface area contributed by atoms with Crippen molar-refractivity contribution in [3.05, 3.63) is 53.2 Å². The van der Waals surface area contributed by atoms with E-state index in [1.54, 1.807) is 19.1 Å². The second-order valence-corrected chi connectivity index (χ2v) is 11.1. The van der Waals surface area contributed by atoms with E-state index in [0.717, 1.165) is 36.9 Å². The number of hydrogen-bond donors (Lipinski definition) is 1. The van der Waals surface area contributed by atoms with Crippen molar-refractivity contribution in [3.63, 3.8) is 0 Å². The van der Waals surface area contributed by atoms with Gasteiger partial charge in [-0.1, -0.05) is 37.5 Å². The van der Waals surface area contributed by atoms with Gasteiger partial charge < -0.3 is 9.52 Å². The van der Waals surface area contributed by atoms with Gasteiger partial charge in [-0.15, -0.1) is 0 Å². The molecule has 0 aliphatic carbocycles. The van der Waals surface area contributed by atoms with Crippen LogP contribution in [0, 0.1) is 6.92 Å². The SMILES string of the molecule is CCCCCC1C(C(=O)c2ccc(C)o2)=C(O)C(=O)N1c1nc2ccc(S(C)(=O)=O)cc2s1. The third-order valence-electron chi connectivity index (χ3n) is 5.59. The van der Waals surface area contributed by atoms with Gasteiger partial charge in [0.2, 0.25) is 5.78 Å². The Kier molecular flexibility index (Phi) is 6.15. The Morgan fingerprint density at radius 3 is 2.64 bits per heavy atom. The summed E-state index contributed by atoms with van der Waals surface area (Å²) in [6.45, 7) is 3.76. The first-order valence-corrected chi connectivity index (χ1v) is 13.3. The van der Waals surface area contributed by atoms with Crippen LogP contribution < -0.4 is 4.90 Å². The fraction of sp³-hybridized carbons (Fsp3) is 0.348. The minimum Gasteiger partial charge on any atom is -0.503 e. The van der Waals surface area contributed by atoms with Gasteiger partial charge in [0.25, 0.3) is 5.91 Å². The monoisotopic (exact) mass is 488 g/mol. The van der Waals surface area contributed by atoms with Gasteiger partial charge in [-0.25, -0.2) is 13.4 Å². The van der Waals surface area contributed by atoms with Crippen LogP contribution in [0.3, 0.4) is 0 Å². The summed E-state index contributed by atoms with van der Waals surface area (Å²) in [4.78, 5) is 32.3. The molecule has 0 spiro atoms. The van der Waals surface area contributed by atoms with Crippen LogP contribution in [0.5, 0.6) is 0 Å². The maximum atomic E-state index is 13.2. The molecule has 4 rings (SSSR count). The Bertz CT molecular complexity index is 1380. The number of fused-ring (bicyclic) bond motifs is 1. The van der Waals surface area contributed by atoms with Gasteiger partial charge in [0.05, 0.1) is 26.7 Å². The lowest BCUT2D eigenvalue weighted by Crippen LogP contribution is -2.37. The van der Waals surface area contributed by atoms with E-state index in [0.29, 0.717) is 27.5 Å². The molecule has 0 radical (unpaired) electrons. The molecule has 0 saturated heterocycles. The molecule has 1 N–H and O–H groups in total. The van der Waals surface area contributed by atoms with E-state index < -0.39 is 33.3 Å². The molecule has 1 amide bonds. The van der Waals surface area contributed by atoms with Gasteiger partial charge in [-0.2, -0.15) is 0 Å². The number of hydrogen-bond acceptors (Lipinski definition) is 8. The second-order valence-electron chi connectivity index (χ2n) is 8.09. The summed E-state index contributed by atoms with van der Waals surface area (Å²) in [6, 6.07) is 7.05. The molecule has 3 heterocycles. The minimum atomic E-state index is -3.40. The largest absolute Gasteiger partial charge is 0.503 e. The van der Waals surface area contributed by atoms with E-state index >= 15 is 0 Å². The van der Waals surface area contributed by atoms with Crippen LogP contribution in [0.25, 0.3) is 10.2 Å². The number of rotatable bonds is 8. The zero-order valence-corrected chi connectivity index (χ0v) is 20.1. The van der Waals surface area contributed by atoms with Gasteiger partial charge in [0.15, 0.2) is 26.5 Å². The first kappa shape index (κ1) is 23.2. The molecule has 0 fully saturated rings. The number of anilines is 1. The normalized spacial score (nSPS) is 16.9. The van der Waals surface area contributed by atoms with Crippen molar-refractivity contribution in [2.45, 2.75) is 50.5 Å². The predicted octanol–water partition coefficient (Wildman–Crippen LogP) is 4.59. The molecule has 1 unspecified atom stereocenters. The highest BCUT2D eigenvalue weighted by Crippen LogP contribution is 2.39. The molecule has 1 aliphatic rings. The number of carbonyl (C=O) groups is 2. The standard InChI is InChI=1S/C23H24N2O6S2/c1-4-5-6-7-16-19(20(26)17-11-8-13(2)31-17)21(27)22(28)25(16)23-24-15-10-9-14(33(3,29)30)12-18(15)32-23/h8-12,16,27H,4-7H2,1-3H3. The summed E-state index contributed by atoms with van der Waals surface area (Å²) in [5, 5.41) is 11.0. The molecule has 10 heteroatoms. The summed E-state index contributed by atoms with van der Waals surface area (Å²) >= 11 is 1.14. The summed E-state index contributed by atoms with van der Waals surface area (Å²) in [5.41, 5.74) is 0.532. The number of benzene rings is 1. The number of thiazole rings is 1. The van der Waals surface area contributed by atoms with Crippen LogP contribution in [0.2, 0.25) is 0 Å². The Balaban J connectivity index is 1.76. The van der Waals surface area contributed by atoms with E-state index in [9.17, 15) is 23.1 Å². The third kappa shape index (κ3) is 4.32. The Hall–Kier alpha value is -2.98. The van der Waals surface area contributed by atoms with E-state index in [1.165, 1.54) is 23.1 Å². The van der Waals surface area contributed by atoms with Gasteiger partial charge in [0.1, 0.15) is 5.76 Å². The van der Waals surface area contributed by atoms with Crippen LogP contribution in [0.4, 0.5) is 5.13 Å². The quantitative estimate of drug-likeness (QED) is 0.364. The molecule has 174 valence electrons. The summed E-state index contributed by atoms with van der Waals surface area (Å²) in [6.07, 6.45) is 4.19. The summed E-state index contributed by atoms with van der Waals surface area (Å²) < 4.78 is 29.9. The zero-order chi connectivity index (χ0) is 23.9. The maximum absolute atomic E-state index is 13.2. The van der Waals surface area contributed by atoms with E-state index in [4.69, 9.17) is 4.42 Å². The van der Waals surface area contributed by atoms with E-state index in [2.05, 4.69) is 11.9 Å². The van der Waals surface area contributed by atoms with Crippen molar-refractivity contribution in [2.24, 2.45) is 0 Å². The number of aromatic nitrogens is 1. The Labute approximate surface area is 195 Å². The highest BCUT2D eigenvalue weighted by atomic mass is 32.2. The number of aliphatic hydroxyl groups is 1. The number of amides is 1. The number of nitrogens with zero attached hydrogens (tertiary/aromatic N) is 2. The van der Waals surface area contributed by atoms with E-state index in [-0.39, 0.29) is 16.2 Å². The van der Waals surface area contributed by atoms with Gasteiger partial charge >= 0.3 is 0 Å². The van der Waals surface area contributed by atoms with Crippen LogP contribution >= 0.6 is 11.3 Å². The smallest absolute Gasteiger partial charge is 0.296 e. The van der Waals surface area contributed by atoms with Gasteiger partial charge in [-0.05, 0) is 43.7 Å². The topological polar surface area (TPSA) is 118 Å². The number of unbranched alkanes of at least 4 members (excludes halogenated alkanes) is 2. The molecule has 0 bridgehead atoms. The lowest BCUT2D eigenvalue weighted by atomic mass is 9.97. The molecule has 0 saturated carbocycles. The van der Waals surface area contributed by atoms with Crippen molar-refractivity contribution in [1.82, 2.24) is 4.98 Å². The molecule has 1 aromatic carbocycles. The van der Waals surface area contributed by atoms with E-state index in [1.807, 2.05) is 0 Å². The molecular weight excluding hydrogens is 464 g/mol. The van der Waals surface area contributed by atoms with Crippen molar-refractivity contribution in [3.8, 4) is 0 Å². The highest BCUT2D eigenvalue weighted by molar-refractivity contribution is 7.90. The fourth-order valence-electron chi connectivity index (χ4n) is 3.91. The average molecular weight is 489 g/mol. The van der Waals surface area contributed by atoms with Gasteiger partial charge in [0, 0.05) is 6.26 Å². The molecule has 33 heavy (non-hydrogen) atoms. The summed E-state index contributed by atoms with van der Waals surface area (Å²) in [7, 11) is -3.40. The van der Waals surface area contributed by atoms with Crippen molar-refractivity contribution in [2.75, 3.05) is 11.2 Å². The first-order valence-electron chi connectivity index (χ1n) is 10.6. The second kappa shape index (κ2) is 8.75. The van der Waals surface area contributed by atoms with Crippen LogP contribution in [-0.4, -0.2) is 42.5 Å². The third-order valence-corrected chi connectivity index (χ3v) is 7.72. The molecule has 1 atom stereocenters. The lowest BCUT2D eigenvalue weighted by molar-refractivity contribution is -0.117. The van der Waals surface area contributed by atoms with Crippen LogP contribution in [0.15, 0.2) is 51.0 Å². The van der Waals surface area contributed by atoms with Crippen molar-refractivity contribution < 1.29 is 27.5 Å². The van der Waals surface area contributed by atoms with Crippen LogP contribution in [-0.2, 0) is 14.6 Å². The van der Waals surface area contributed by atoms with Crippen molar-refractivity contribution in [1.29, 1.82) is 0 Å². The predicted molar refractivity (Wildman–Crippen MR) is 126 cm³/mol. The number of sulfone groups is 1. The Morgan fingerprint density at radius 2 is 2.00 bits per heavy atom. The number of aryl methyl sites for hydroxylation is 1. The molecule has 2 aromatic heterocycles. The number of aliphatic hydroxyl groups excluding tert-OH is 1. The summed E-state index contributed by atoms with van der Waals surface area (Å²) in [5.74, 6) is -1.23. The fourth-order valence-corrected chi connectivity index (χ4v) is 5.69. The highest BCUT2D eigenvalue weighted by Gasteiger charge is 2.45. The number of ketones is 1. The molecule has 8 nitrogen and oxygen atoms in total. The molecule has 1 aliphatic heterocycles. The number of Topliss-reactive ketones (excluding diaryl/α,β-unsaturated/α-hetero) is 1. The van der Waals surface area contributed by atoms with Crippen LogP contribution in [0.1, 0.15) is 48.9 Å². The number of carbonyl (C=O) groups excluding carboxylic acids is 2. The first-order chi connectivity index (χ1) is 15.6. The molecular formula is C23H24N2O6S2. The number of furan rings is 1. The molecule has 3 aromatic rings. The minimum absolute atomic E-state index is 0.00142.